The van der Waals surface area contributed by atoms with E-state index in [9.17, 15) is 17.6 Å². The van der Waals surface area contributed by atoms with Crippen molar-refractivity contribution in [3.63, 3.8) is 0 Å². The summed E-state index contributed by atoms with van der Waals surface area (Å²) in [6.45, 7) is 14.1. The molecule has 0 aromatic rings. The van der Waals surface area contributed by atoms with Crippen LogP contribution in [0.5, 0.6) is 0 Å². The van der Waals surface area contributed by atoms with Gasteiger partial charge in [0.25, 0.3) is 0 Å². The lowest BCUT2D eigenvalue weighted by atomic mass is 9.70. The third-order valence-corrected chi connectivity index (χ3v) is 3.52. The van der Waals surface area contributed by atoms with E-state index >= 15 is 0 Å². The average Bonchev–Trinajstić information content (AvgIpc) is 2.34. The molecule has 0 rings (SSSR count). The summed E-state index contributed by atoms with van der Waals surface area (Å²) in [6, 6.07) is 0. The van der Waals surface area contributed by atoms with E-state index in [1.807, 2.05) is 0 Å². The minimum atomic E-state index is -4.55. The smallest absolute Gasteiger partial charge is 0.344 e. The highest BCUT2D eigenvalue weighted by Crippen LogP contribution is 2.47. The Morgan fingerprint density at radius 2 is 1.77 bits per heavy atom. The number of halogens is 4. The lowest BCUT2D eigenvalue weighted by molar-refractivity contribution is -0.203. The highest BCUT2D eigenvalue weighted by atomic mass is 19.4. The normalized spacial score (nSPS) is 19.2. The van der Waals surface area contributed by atoms with E-state index in [2.05, 4.69) is 19.7 Å². The zero-order valence-corrected chi connectivity index (χ0v) is 13.3. The van der Waals surface area contributed by atoms with E-state index < -0.39 is 30.0 Å². The van der Waals surface area contributed by atoms with Gasteiger partial charge in [-0.3, -0.25) is 0 Å². The first-order chi connectivity index (χ1) is 9.96. The number of ether oxygens (including phenoxy) is 1. The molecule has 0 aromatic carbocycles. The van der Waals surface area contributed by atoms with Gasteiger partial charge in [0.1, 0.15) is 0 Å². The SMILES string of the molecule is C=CCC(C)(F)OCC(C=CC)(C(=C)C)C(C=C)C(F)(F)F. The Hall–Kier alpha value is -1.36. The van der Waals surface area contributed by atoms with Gasteiger partial charge in [-0.25, -0.2) is 4.39 Å². The fourth-order valence-electron chi connectivity index (χ4n) is 2.29. The van der Waals surface area contributed by atoms with Crippen LogP contribution < -0.4 is 0 Å². The molecule has 3 unspecified atom stereocenters. The van der Waals surface area contributed by atoms with Crippen LogP contribution in [-0.4, -0.2) is 18.6 Å². The average molecular weight is 320 g/mol. The molecule has 0 saturated heterocycles. The zero-order valence-electron chi connectivity index (χ0n) is 13.3. The van der Waals surface area contributed by atoms with Crippen LogP contribution in [0.1, 0.15) is 27.2 Å². The largest absolute Gasteiger partial charge is 0.396 e. The molecule has 0 N–H and O–H groups in total. The molecule has 0 aliphatic rings. The van der Waals surface area contributed by atoms with Crippen LogP contribution in [0.25, 0.3) is 0 Å². The van der Waals surface area contributed by atoms with E-state index in [1.165, 1.54) is 25.2 Å². The Bertz CT molecular complexity index is 434. The first kappa shape index (κ1) is 20.6. The lowest BCUT2D eigenvalue weighted by Crippen LogP contribution is -2.43. The molecule has 0 spiro atoms. The number of allylic oxidation sites excluding steroid dienone is 2. The Balaban J connectivity index is 5.76. The van der Waals surface area contributed by atoms with Crippen molar-refractivity contribution < 1.29 is 22.3 Å². The summed E-state index contributed by atoms with van der Waals surface area (Å²) in [6.07, 6.45) is 0.269. The topological polar surface area (TPSA) is 9.23 Å². The molecule has 5 heteroatoms. The summed E-state index contributed by atoms with van der Waals surface area (Å²) in [5, 5.41) is 0. The lowest BCUT2D eigenvalue weighted by Gasteiger charge is -2.40. The number of alkyl halides is 4. The van der Waals surface area contributed by atoms with Crippen LogP contribution in [0.2, 0.25) is 0 Å². The fraction of sp³-hybridized carbons (Fsp3) is 0.529. The van der Waals surface area contributed by atoms with Crippen LogP contribution in [0.3, 0.4) is 0 Å². The van der Waals surface area contributed by atoms with Gasteiger partial charge in [-0.1, -0.05) is 36.5 Å². The van der Waals surface area contributed by atoms with Gasteiger partial charge in [0.15, 0.2) is 0 Å². The molecule has 22 heavy (non-hydrogen) atoms. The van der Waals surface area contributed by atoms with Gasteiger partial charge in [0.2, 0.25) is 5.85 Å². The molecule has 0 heterocycles. The maximum Gasteiger partial charge on any atom is 0.396 e. The van der Waals surface area contributed by atoms with Crippen LogP contribution in [0, 0.1) is 11.3 Å². The van der Waals surface area contributed by atoms with E-state index in [1.54, 1.807) is 6.92 Å². The van der Waals surface area contributed by atoms with Crippen molar-refractivity contribution in [2.24, 2.45) is 11.3 Å². The summed E-state index contributed by atoms with van der Waals surface area (Å²) >= 11 is 0. The van der Waals surface area contributed by atoms with Gasteiger partial charge >= 0.3 is 6.18 Å². The summed E-state index contributed by atoms with van der Waals surface area (Å²) in [5.41, 5.74) is -1.38. The summed E-state index contributed by atoms with van der Waals surface area (Å²) < 4.78 is 59.3. The quantitative estimate of drug-likeness (QED) is 0.387. The summed E-state index contributed by atoms with van der Waals surface area (Å²) in [4.78, 5) is 0. The number of hydrogen-bond donors (Lipinski definition) is 0. The maximum atomic E-state index is 14.1. The Morgan fingerprint density at radius 3 is 2.09 bits per heavy atom. The molecule has 126 valence electrons. The monoisotopic (exact) mass is 320 g/mol. The third-order valence-electron chi connectivity index (χ3n) is 3.52. The van der Waals surface area contributed by atoms with E-state index in [-0.39, 0.29) is 12.0 Å². The molecule has 0 saturated carbocycles. The third kappa shape index (κ3) is 5.13. The minimum absolute atomic E-state index is 0.125. The predicted molar refractivity (Wildman–Crippen MR) is 82.1 cm³/mol. The molecule has 0 aliphatic heterocycles. The van der Waals surface area contributed by atoms with Crippen molar-refractivity contribution in [1.82, 2.24) is 0 Å². The van der Waals surface area contributed by atoms with Gasteiger partial charge in [0, 0.05) is 11.8 Å². The van der Waals surface area contributed by atoms with Gasteiger partial charge in [-0.2, -0.15) is 13.2 Å². The molecule has 0 aromatic heterocycles. The molecule has 0 aliphatic carbocycles. The first-order valence-electron chi connectivity index (χ1n) is 6.89. The molecular formula is C17H24F4O. The van der Waals surface area contributed by atoms with Crippen LogP contribution in [0.4, 0.5) is 17.6 Å². The van der Waals surface area contributed by atoms with Crippen molar-refractivity contribution >= 4 is 0 Å². The highest BCUT2D eigenvalue weighted by Gasteiger charge is 2.52. The van der Waals surface area contributed by atoms with Gasteiger partial charge < -0.3 is 4.74 Å². The van der Waals surface area contributed by atoms with E-state index in [0.717, 1.165) is 13.0 Å². The molecule has 1 nitrogen and oxygen atoms in total. The van der Waals surface area contributed by atoms with Crippen LogP contribution >= 0.6 is 0 Å². The van der Waals surface area contributed by atoms with Crippen LogP contribution in [0.15, 0.2) is 49.6 Å². The van der Waals surface area contributed by atoms with E-state index in [0.29, 0.717) is 0 Å². The Kier molecular flexibility index (Phi) is 7.29. The fourth-order valence-corrected chi connectivity index (χ4v) is 2.29. The van der Waals surface area contributed by atoms with Gasteiger partial charge in [0.05, 0.1) is 12.5 Å². The highest BCUT2D eigenvalue weighted by molar-refractivity contribution is 5.24. The summed E-state index contributed by atoms with van der Waals surface area (Å²) in [5.74, 6) is -4.02. The zero-order chi connectivity index (χ0) is 17.6. The molecule has 0 radical (unpaired) electrons. The van der Waals surface area contributed by atoms with Crippen molar-refractivity contribution in [3.8, 4) is 0 Å². The molecule has 0 bridgehead atoms. The second-order valence-corrected chi connectivity index (χ2v) is 5.46. The van der Waals surface area contributed by atoms with Crippen molar-refractivity contribution in [2.45, 2.75) is 39.2 Å². The predicted octanol–water partition coefficient (Wildman–Crippen LogP) is 5.77. The second-order valence-electron chi connectivity index (χ2n) is 5.46. The van der Waals surface area contributed by atoms with E-state index in [4.69, 9.17) is 4.74 Å². The van der Waals surface area contributed by atoms with Crippen LogP contribution in [-0.2, 0) is 4.74 Å². The minimum Gasteiger partial charge on any atom is -0.344 e. The molecule has 3 atom stereocenters. The number of rotatable bonds is 9. The number of hydrogen-bond acceptors (Lipinski definition) is 1. The second kappa shape index (κ2) is 7.77. The summed E-state index contributed by atoms with van der Waals surface area (Å²) in [7, 11) is 0. The van der Waals surface area contributed by atoms with Gasteiger partial charge in [-0.05, 0) is 20.8 Å². The Labute approximate surface area is 130 Å². The van der Waals surface area contributed by atoms with Crippen molar-refractivity contribution in [3.05, 3.63) is 49.6 Å². The standard InChI is InChI=1S/C17H24F4O/c1-7-10-15(6,18)22-12-16(11-8-2,13(4)5)14(9-3)17(19,20)21/h7-9,11,14H,1,3-4,10,12H2,2,5-6H3. The molecular weight excluding hydrogens is 296 g/mol. The maximum absolute atomic E-state index is 14.1. The molecule has 0 amide bonds. The first-order valence-corrected chi connectivity index (χ1v) is 6.89. The van der Waals surface area contributed by atoms with Crippen molar-refractivity contribution in [1.29, 1.82) is 0 Å². The van der Waals surface area contributed by atoms with Gasteiger partial charge in [-0.15, -0.1) is 13.2 Å². The van der Waals surface area contributed by atoms with Crippen molar-refractivity contribution in [2.75, 3.05) is 6.61 Å². The molecule has 0 fully saturated rings. The Morgan fingerprint density at radius 1 is 1.23 bits per heavy atom.